The van der Waals surface area contributed by atoms with Crippen LogP contribution >= 0.6 is 0 Å². The van der Waals surface area contributed by atoms with Gasteiger partial charge in [-0.15, -0.1) is 0 Å². The molecule has 0 amide bonds. The van der Waals surface area contributed by atoms with Crippen LogP contribution in [-0.2, 0) is 11.3 Å². The number of aromatic nitrogens is 2. The molecule has 5 nitrogen and oxygen atoms in total. The average Bonchev–Trinajstić information content (AvgIpc) is 3.56. The van der Waals surface area contributed by atoms with Crippen LogP contribution in [0.4, 0.5) is 11.5 Å². The molecule has 5 heteroatoms. The number of fused-ring (bicyclic) bond motifs is 1. The van der Waals surface area contributed by atoms with Crippen molar-refractivity contribution in [1.29, 1.82) is 0 Å². The highest BCUT2D eigenvalue weighted by atomic mass is 16.5. The number of anilines is 2. The number of pyridine rings is 1. The van der Waals surface area contributed by atoms with Crippen molar-refractivity contribution in [3.63, 3.8) is 0 Å². The zero-order valence-corrected chi connectivity index (χ0v) is 16.8. The van der Waals surface area contributed by atoms with Crippen LogP contribution in [0, 0.1) is 0 Å². The van der Waals surface area contributed by atoms with Crippen LogP contribution in [0.25, 0.3) is 10.9 Å². The third-order valence-electron chi connectivity index (χ3n) is 5.59. The number of esters is 1. The van der Waals surface area contributed by atoms with Crippen LogP contribution in [0.15, 0.2) is 73.1 Å². The standard InChI is InChI=1S/C25H23N3O2/c1-30-25(29)22-14-20(18-7-8-18)15-26-24(22)27-21-9-10-23-19(13-21)11-12-28(23)16-17-5-3-2-4-6-17/h2-6,9-15,18H,7-8,16H2,1H3,(H,26,27). The van der Waals surface area contributed by atoms with Gasteiger partial charge in [-0.25, -0.2) is 9.78 Å². The summed E-state index contributed by atoms with van der Waals surface area (Å²) in [6.07, 6.45) is 6.28. The zero-order chi connectivity index (χ0) is 20.5. The molecule has 150 valence electrons. The molecule has 1 N–H and O–H groups in total. The van der Waals surface area contributed by atoms with Gasteiger partial charge in [-0.3, -0.25) is 0 Å². The van der Waals surface area contributed by atoms with Gasteiger partial charge in [0, 0.05) is 35.5 Å². The monoisotopic (exact) mass is 397 g/mol. The number of benzene rings is 2. The van der Waals surface area contributed by atoms with Crippen LogP contribution in [0.2, 0.25) is 0 Å². The van der Waals surface area contributed by atoms with E-state index in [0.29, 0.717) is 17.3 Å². The molecule has 2 aromatic carbocycles. The number of nitrogens with zero attached hydrogens (tertiary/aromatic N) is 2. The predicted octanol–water partition coefficient (Wildman–Crippen LogP) is 5.49. The van der Waals surface area contributed by atoms with Crippen LogP contribution in [0.1, 0.15) is 40.2 Å². The molecule has 2 aromatic heterocycles. The number of hydrogen-bond donors (Lipinski definition) is 1. The SMILES string of the molecule is COC(=O)c1cc(C2CC2)cnc1Nc1ccc2c(ccn2Cc2ccccc2)c1. The van der Waals surface area contributed by atoms with Gasteiger partial charge in [-0.1, -0.05) is 30.3 Å². The Hall–Kier alpha value is -3.60. The van der Waals surface area contributed by atoms with E-state index in [2.05, 4.69) is 63.5 Å². The number of ether oxygens (including phenoxy) is 1. The number of nitrogens with one attached hydrogen (secondary N) is 1. The number of carbonyl (C=O) groups excluding carboxylic acids is 1. The molecule has 0 bridgehead atoms. The van der Waals surface area contributed by atoms with Crippen molar-refractivity contribution in [1.82, 2.24) is 9.55 Å². The van der Waals surface area contributed by atoms with Gasteiger partial charge in [0.25, 0.3) is 0 Å². The molecule has 0 spiro atoms. The Morgan fingerprint density at radius 2 is 1.97 bits per heavy atom. The molecule has 1 saturated carbocycles. The summed E-state index contributed by atoms with van der Waals surface area (Å²) in [6.45, 7) is 0.827. The largest absolute Gasteiger partial charge is 0.465 e. The molecule has 0 aliphatic heterocycles. The van der Waals surface area contributed by atoms with Gasteiger partial charge in [-0.05, 0) is 60.2 Å². The molecule has 2 heterocycles. The Kier molecular flexibility index (Phi) is 4.71. The van der Waals surface area contributed by atoms with Gasteiger partial charge in [0.2, 0.25) is 0 Å². The lowest BCUT2D eigenvalue weighted by Crippen LogP contribution is -2.08. The van der Waals surface area contributed by atoms with Crippen molar-refractivity contribution in [3.8, 4) is 0 Å². The normalized spacial score (nSPS) is 13.4. The lowest BCUT2D eigenvalue weighted by molar-refractivity contribution is 0.0601. The smallest absolute Gasteiger partial charge is 0.341 e. The molecular weight excluding hydrogens is 374 g/mol. The van der Waals surface area contributed by atoms with E-state index >= 15 is 0 Å². The van der Waals surface area contributed by atoms with Gasteiger partial charge in [0.05, 0.1) is 7.11 Å². The fourth-order valence-corrected chi connectivity index (χ4v) is 3.82. The minimum atomic E-state index is -0.373. The van der Waals surface area contributed by atoms with E-state index in [1.54, 1.807) is 0 Å². The summed E-state index contributed by atoms with van der Waals surface area (Å²) in [5.41, 5.74) is 4.89. The Bertz CT molecular complexity index is 1210. The molecule has 0 atom stereocenters. The average molecular weight is 397 g/mol. The van der Waals surface area contributed by atoms with Crippen molar-refractivity contribution in [2.24, 2.45) is 0 Å². The summed E-state index contributed by atoms with van der Waals surface area (Å²) in [5, 5.41) is 4.43. The topological polar surface area (TPSA) is 56.1 Å². The van der Waals surface area contributed by atoms with E-state index in [9.17, 15) is 4.79 Å². The maximum Gasteiger partial charge on any atom is 0.341 e. The Labute approximate surface area is 175 Å². The molecule has 1 aliphatic rings. The molecule has 0 radical (unpaired) electrons. The summed E-state index contributed by atoms with van der Waals surface area (Å²) < 4.78 is 7.21. The van der Waals surface area contributed by atoms with Crippen molar-refractivity contribution in [3.05, 3.63) is 89.7 Å². The summed E-state index contributed by atoms with van der Waals surface area (Å²) in [7, 11) is 1.40. The van der Waals surface area contributed by atoms with Crippen LogP contribution in [-0.4, -0.2) is 22.6 Å². The van der Waals surface area contributed by atoms with Crippen molar-refractivity contribution >= 4 is 28.4 Å². The predicted molar refractivity (Wildman–Crippen MR) is 118 cm³/mol. The number of carbonyl (C=O) groups is 1. The Balaban J connectivity index is 1.42. The Morgan fingerprint density at radius 3 is 2.73 bits per heavy atom. The molecule has 1 aliphatic carbocycles. The number of hydrogen-bond acceptors (Lipinski definition) is 4. The van der Waals surface area contributed by atoms with Crippen LogP contribution < -0.4 is 5.32 Å². The van der Waals surface area contributed by atoms with Crippen molar-refractivity contribution in [2.75, 3.05) is 12.4 Å². The maximum absolute atomic E-state index is 12.3. The van der Waals surface area contributed by atoms with E-state index in [1.807, 2.05) is 24.4 Å². The van der Waals surface area contributed by atoms with Gasteiger partial charge < -0.3 is 14.6 Å². The number of rotatable bonds is 6. The van der Waals surface area contributed by atoms with E-state index in [-0.39, 0.29) is 5.97 Å². The summed E-state index contributed by atoms with van der Waals surface area (Å²) >= 11 is 0. The minimum Gasteiger partial charge on any atom is -0.465 e. The highest BCUT2D eigenvalue weighted by molar-refractivity contribution is 5.96. The minimum absolute atomic E-state index is 0.373. The highest BCUT2D eigenvalue weighted by Crippen LogP contribution is 2.40. The van der Waals surface area contributed by atoms with Gasteiger partial charge >= 0.3 is 5.97 Å². The molecule has 1 fully saturated rings. The first-order valence-corrected chi connectivity index (χ1v) is 10.2. The molecule has 4 aromatic rings. The van der Waals surface area contributed by atoms with Crippen LogP contribution in [0.5, 0.6) is 0 Å². The zero-order valence-electron chi connectivity index (χ0n) is 16.8. The fraction of sp³-hybridized carbons (Fsp3) is 0.200. The van der Waals surface area contributed by atoms with E-state index in [0.717, 1.165) is 41.5 Å². The van der Waals surface area contributed by atoms with Crippen LogP contribution in [0.3, 0.4) is 0 Å². The van der Waals surface area contributed by atoms with E-state index < -0.39 is 0 Å². The fourth-order valence-electron chi connectivity index (χ4n) is 3.82. The molecule has 30 heavy (non-hydrogen) atoms. The maximum atomic E-state index is 12.3. The van der Waals surface area contributed by atoms with Crippen molar-refractivity contribution < 1.29 is 9.53 Å². The molecule has 5 rings (SSSR count). The molecule has 0 saturated heterocycles. The number of methoxy groups -OCH3 is 1. The third kappa shape index (κ3) is 3.66. The first kappa shape index (κ1) is 18.4. The summed E-state index contributed by atoms with van der Waals surface area (Å²) in [6, 6.07) is 20.6. The van der Waals surface area contributed by atoms with Crippen molar-refractivity contribution in [2.45, 2.75) is 25.3 Å². The molecular formula is C25H23N3O2. The first-order valence-electron chi connectivity index (χ1n) is 10.2. The lowest BCUT2D eigenvalue weighted by Gasteiger charge is -2.12. The second kappa shape index (κ2) is 7.67. The molecule has 0 unspecified atom stereocenters. The Morgan fingerprint density at radius 1 is 1.13 bits per heavy atom. The second-order valence-electron chi connectivity index (χ2n) is 7.76. The summed E-state index contributed by atoms with van der Waals surface area (Å²) in [5.74, 6) is 0.674. The van der Waals surface area contributed by atoms with E-state index in [1.165, 1.54) is 12.7 Å². The second-order valence-corrected chi connectivity index (χ2v) is 7.76. The summed E-state index contributed by atoms with van der Waals surface area (Å²) in [4.78, 5) is 16.8. The van der Waals surface area contributed by atoms with E-state index in [4.69, 9.17) is 4.74 Å². The lowest BCUT2D eigenvalue weighted by atomic mass is 10.1. The third-order valence-corrected chi connectivity index (χ3v) is 5.59. The van der Waals surface area contributed by atoms with Gasteiger partial charge in [0.15, 0.2) is 0 Å². The first-order chi connectivity index (χ1) is 14.7. The van der Waals surface area contributed by atoms with Gasteiger partial charge in [-0.2, -0.15) is 0 Å². The van der Waals surface area contributed by atoms with Gasteiger partial charge in [0.1, 0.15) is 11.4 Å². The quantitative estimate of drug-likeness (QED) is 0.437. The highest BCUT2D eigenvalue weighted by Gasteiger charge is 2.26.